The molecule has 2 amide bonds. The molecule has 1 aliphatic carbocycles. The first kappa shape index (κ1) is 26.5. The quantitative estimate of drug-likeness (QED) is 0.242. The number of carboxylic acids is 1. The van der Waals surface area contributed by atoms with Crippen LogP contribution in [0.25, 0.3) is 0 Å². The molecule has 0 bridgehead atoms. The second kappa shape index (κ2) is 13.1. The number of hydrogen-bond acceptors (Lipinski definition) is 6. The third kappa shape index (κ3) is 7.69. The fourth-order valence-electron chi connectivity index (χ4n) is 3.68. The number of amides is 2. The number of carboxylic acid groups (broad SMARTS) is 1. The summed E-state index contributed by atoms with van der Waals surface area (Å²) in [5.74, 6) is -3.29. The lowest BCUT2D eigenvalue weighted by molar-refractivity contribution is -0.146. The average molecular weight is 495 g/mol. The van der Waals surface area contributed by atoms with Crippen molar-refractivity contribution in [3.8, 4) is 5.75 Å². The highest BCUT2D eigenvalue weighted by Gasteiger charge is 2.33. The van der Waals surface area contributed by atoms with Gasteiger partial charge in [0.15, 0.2) is 6.61 Å². The number of esters is 1. The Bertz CT molecular complexity index is 1090. The number of carbonyl (C=O) groups excluding carboxylic acids is 3. The van der Waals surface area contributed by atoms with Gasteiger partial charge < -0.3 is 25.2 Å². The summed E-state index contributed by atoms with van der Waals surface area (Å²) in [6, 6.07) is 12.9. The van der Waals surface area contributed by atoms with Crippen LogP contribution in [-0.2, 0) is 19.1 Å². The molecular formula is C27H30N2O7. The largest absolute Gasteiger partial charge is 0.494 e. The van der Waals surface area contributed by atoms with Gasteiger partial charge >= 0.3 is 11.9 Å². The Hall–Kier alpha value is -4.14. The average Bonchev–Trinajstić information content (AvgIpc) is 2.89. The van der Waals surface area contributed by atoms with Crippen molar-refractivity contribution in [2.24, 2.45) is 11.8 Å². The fraction of sp³-hybridized carbons (Fsp3) is 0.333. The van der Waals surface area contributed by atoms with Crippen LogP contribution in [0.3, 0.4) is 0 Å². The number of benzene rings is 2. The van der Waals surface area contributed by atoms with Crippen molar-refractivity contribution in [1.29, 1.82) is 0 Å². The molecule has 1 aliphatic rings. The van der Waals surface area contributed by atoms with Crippen LogP contribution in [0.15, 0.2) is 60.7 Å². The topological polar surface area (TPSA) is 131 Å². The van der Waals surface area contributed by atoms with E-state index in [1.807, 2.05) is 0 Å². The van der Waals surface area contributed by atoms with E-state index in [9.17, 15) is 24.3 Å². The molecule has 2 aromatic carbocycles. The molecule has 0 fully saturated rings. The fourth-order valence-corrected chi connectivity index (χ4v) is 3.68. The number of anilines is 2. The molecule has 0 heterocycles. The first-order chi connectivity index (χ1) is 17.4. The van der Waals surface area contributed by atoms with Gasteiger partial charge in [-0.1, -0.05) is 25.5 Å². The molecule has 2 aromatic rings. The van der Waals surface area contributed by atoms with E-state index in [0.717, 1.165) is 12.8 Å². The number of nitrogens with one attached hydrogen (secondary N) is 2. The Labute approximate surface area is 209 Å². The number of aliphatic carboxylic acids is 1. The summed E-state index contributed by atoms with van der Waals surface area (Å²) < 4.78 is 10.6. The summed E-state index contributed by atoms with van der Waals surface area (Å²) in [7, 11) is 0. The molecule has 0 aliphatic heterocycles. The minimum Gasteiger partial charge on any atom is -0.494 e. The lowest BCUT2D eigenvalue weighted by Gasteiger charge is -2.24. The molecule has 3 rings (SSSR count). The monoisotopic (exact) mass is 494 g/mol. The Morgan fingerprint density at radius 2 is 1.50 bits per heavy atom. The Balaban J connectivity index is 1.45. The van der Waals surface area contributed by atoms with Crippen molar-refractivity contribution < 1.29 is 33.8 Å². The van der Waals surface area contributed by atoms with Gasteiger partial charge in [-0.3, -0.25) is 14.4 Å². The third-order valence-electron chi connectivity index (χ3n) is 5.71. The van der Waals surface area contributed by atoms with Crippen LogP contribution >= 0.6 is 0 Å². The molecular weight excluding hydrogens is 464 g/mol. The van der Waals surface area contributed by atoms with Gasteiger partial charge in [-0.25, -0.2) is 4.79 Å². The second-order valence-corrected chi connectivity index (χ2v) is 8.41. The summed E-state index contributed by atoms with van der Waals surface area (Å²) >= 11 is 0. The van der Waals surface area contributed by atoms with Crippen LogP contribution in [-0.4, -0.2) is 42.1 Å². The first-order valence-corrected chi connectivity index (χ1v) is 11.9. The van der Waals surface area contributed by atoms with Gasteiger partial charge in [0, 0.05) is 11.4 Å². The molecule has 36 heavy (non-hydrogen) atoms. The van der Waals surface area contributed by atoms with Gasteiger partial charge in [-0.05, 0) is 67.8 Å². The van der Waals surface area contributed by atoms with E-state index < -0.39 is 36.3 Å². The predicted molar refractivity (Wildman–Crippen MR) is 134 cm³/mol. The van der Waals surface area contributed by atoms with E-state index in [4.69, 9.17) is 9.47 Å². The van der Waals surface area contributed by atoms with Gasteiger partial charge in [0.1, 0.15) is 5.75 Å². The van der Waals surface area contributed by atoms with E-state index in [-0.39, 0.29) is 11.5 Å². The number of allylic oxidation sites excluding steroid dienone is 2. The van der Waals surface area contributed by atoms with Crippen molar-refractivity contribution in [2.45, 2.75) is 32.6 Å². The van der Waals surface area contributed by atoms with Gasteiger partial charge in [0.25, 0.3) is 5.91 Å². The Kier molecular flexibility index (Phi) is 9.62. The molecule has 190 valence electrons. The molecule has 0 spiro atoms. The van der Waals surface area contributed by atoms with Gasteiger partial charge in [0.05, 0.1) is 24.0 Å². The maximum absolute atomic E-state index is 12.6. The van der Waals surface area contributed by atoms with Crippen LogP contribution in [0.2, 0.25) is 0 Å². The van der Waals surface area contributed by atoms with Crippen LogP contribution in [0.1, 0.15) is 43.0 Å². The van der Waals surface area contributed by atoms with Crippen LogP contribution in [0.4, 0.5) is 11.4 Å². The van der Waals surface area contributed by atoms with Crippen molar-refractivity contribution in [3.63, 3.8) is 0 Å². The van der Waals surface area contributed by atoms with Crippen LogP contribution in [0.5, 0.6) is 5.75 Å². The minimum atomic E-state index is -1.00. The maximum atomic E-state index is 12.6. The molecule has 0 unspecified atom stereocenters. The smallest absolute Gasteiger partial charge is 0.338 e. The van der Waals surface area contributed by atoms with Gasteiger partial charge in [-0.2, -0.15) is 0 Å². The number of ether oxygens (including phenoxy) is 2. The Morgan fingerprint density at radius 3 is 2.14 bits per heavy atom. The molecule has 9 heteroatoms. The van der Waals surface area contributed by atoms with Crippen molar-refractivity contribution in [1.82, 2.24) is 0 Å². The molecule has 2 atom stereocenters. The number of rotatable bonds is 11. The van der Waals surface area contributed by atoms with Gasteiger partial charge in [0.2, 0.25) is 5.91 Å². The maximum Gasteiger partial charge on any atom is 0.338 e. The standard InChI is InChI=1S/C27H30N2O7/c1-2-3-16-35-21-14-12-19(13-15-21)28-24(30)17-36-27(34)18-8-10-20(11-9-18)29-25(31)22-6-4-5-7-23(22)26(32)33/h4-5,8-15,22-23H,2-3,6-7,16-17H2,1H3,(H,28,30)(H,29,31)(H,32,33)/t22-,23-/m0/s1. The highest BCUT2D eigenvalue weighted by atomic mass is 16.5. The van der Waals surface area contributed by atoms with Crippen LogP contribution < -0.4 is 15.4 Å². The highest BCUT2D eigenvalue weighted by molar-refractivity contribution is 5.97. The molecule has 0 aromatic heterocycles. The van der Waals surface area contributed by atoms with E-state index in [1.165, 1.54) is 24.3 Å². The normalized spacial score (nSPS) is 16.6. The summed E-state index contributed by atoms with van der Waals surface area (Å²) in [5.41, 5.74) is 1.19. The molecule has 3 N–H and O–H groups in total. The van der Waals surface area contributed by atoms with Crippen molar-refractivity contribution in [3.05, 3.63) is 66.2 Å². The van der Waals surface area contributed by atoms with E-state index in [0.29, 0.717) is 36.6 Å². The Morgan fingerprint density at radius 1 is 0.889 bits per heavy atom. The zero-order chi connectivity index (χ0) is 25.9. The second-order valence-electron chi connectivity index (χ2n) is 8.41. The highest BCUT2D eigenvalue weighted by Crippen LogP contribution is 2.27. The van der Waals surface area contributed by atoms with E-state index >= 15 is 0 Å². The summed E-state index contributed by atoms with van der Waals surface area (Å²) in [6.45, 7) is 2.26. The SMILES string of the molecule is CCCCOc1ccc(NC(=O)COC(=O)c2ccc(NC(=O)[C@H]3CC=CC[C@@H]3C(=O)O)cc2)cc1. The summed E-state index contributed by atoms with van der Waals surface area (Å²) in [5, 5.41) is 14.7. The minimum absolute atomic E-state index is 0.207. The molecule has 9 nitrogen and oxygen atoms in total. The predicted octanol–water partition coefficient (Wildman–Crippen LogP) is 4.27. The lowest BCUT2D eigenvalue weighted by Crippen LogP contribution is -2.34. The van der Waals surface area contributed by atoms with E-state index in [2.05, 4.69) is 17.6 Å². The molecule has 0 saturated carbocycles. The first-order valence-electron chi connectivity index (χ1n) is 11.9. The number of carbonyl (C=O) groups is 4. The zero-order valence-corrected chi connectivity index (χ0v) is 20.1. The summed E-state index contributed by atoms with van der Waals surface area (Å²) in [4.78, 5) is 48.4. The number of unbranched alkanes of at least 4 members (excludes halogenated alkanes) is 1. The number of hydrogen-bond donors (Lipinski definition) is 3. The molecule has 0 saturated heterocycles. The zero-order valence-electron chi connectivity index (χ0n) is 20.1. The third-order valence-corrected chi connectivity index (χ3v) is 5.71. The molecule has 0 radical (unpaired) electrons. The van der Waals surface area contributed by atoms with Crippen molar-refractivity contribution >= 4 is 35.1 Å². The van der Waals surface area contributed by atoms with Crippen molar-refractivity contribution in [2.75, 3.05) is 23.8 Å². The lowest BCUT2D eigenvalue weighted by atomic mass is 9.82. The van der Waals surface area contributed by atoms with E-state index in [1.54, 1.807) is 36.4 Å². The summed E-state index contributed by atoms with van der Waals surface area (Å²) in [6.07, 6.45) is 6.24. The van der Waals surface area contributed by atoms with Crippen LogP contribution in [0, 0.1) is 11.8 Å². The van der Waals surface area contributed by atoms with Gasteiger partial charge in [-0.15, -0.1) is 0 Å².